The van der Waals surface area contributed by atoms with Crippen LogP contribution in [0.15, 0.2) is 5.16 Å². The third kappa shape index (κ3) is 6.63. The van der Waals surface area contributed by atoms with Crippen LogP contribution in [0.3, 0.4) is 0 Å². The molecule has 0 fully saturated rings. The molecule has 0 spiro atoms. The SMILES string of the molecule is CCC(C)N(CCCC(N)=NO)CCOC. The summed E-state index contributed by atoms with van der Waals surface area (Å²) >= 11 is 0. The molecular formula is C11H25N3O2. The van der Waals surface area contributed by atoms with Crippen molar-refractivity contribution < 1.29 is 9.94 Å². The second-order valence-corrected chi connectivity index (χ2v) is 3.98. The normalized spacial score (nSPS) is 14.4. The molecule has 0 aliphatic rings. The summed E-state index contributed by atoms with van der Waals surface area (Å²) in [5, 5.41) is 11.4. The largest absolute Gasteiger partial charge is 0.409 e. The Morgan fingerprint density at radius 2 is 2.19 bits per heavy atom. The van der Waals surface area contributed by atoms with Gasteiger partial charge in [0.05, 0.1) is 6.61 Å². The molecule has 0 rings (SSSR count). The Morgan fingerprint density at radius 1 is 1.50 bits per heavy atom. The fourth-order valence-electron chi connectivity index (χ4n) is 1.53. The predicted molar refractivity (Wildman–Crippen MR) is 65.8 cm³/mol. The van der Waals surface area contributed by atoms with Gasteiger partial charge in [0, 0.05) is 26.1 Å². The topological polar surface area (TPSA) is 71.1 Å². The van der Waals surface area contributed by atoms with Crippen molar-refractivity contribution in [3.8, 4) is 0 Å². The van der Waals surface area contributed by atoms with E-state index in [1.807, 2.05) is 0 Å². The molecule has 5 nitrogen and oxygen atoms in total. The fourth-order valence-corrected chi connectivity index (χ4v) is 1.53. The maximum absolute atomic E-state index is 8.43. The highest BCUT2D eigenvalue weighted by molar-refractivity contribution is 5.79. The second kappa shape index (κ2) is 9.42. The van der Waals surface area contributed by atoms with Crippen molar-refractivity contribution in [1.29, 1.82) is 0 Å². The number of amidine groups is 1. The molecule has 96 valence electrons. The highest BCUT2D eigenvalue weighted by Crippen LogP contribution is 2.05. The van der Waals surface area contributed by atoms with Crippen LogP contribution in [0.2, 0.25) is 0 Å². The van der Waals surface area contributed by atoms with Gasteiger partial charge in [-0.3, -0.25) is 4.90 Å². The van der Waals surface area contributed by atoms with Crippen molar-refractivity contribution in [1.82, 2.24) is 4.90 Å². The van der Waals surface area contributed by atoms with E-state index < -0.39 is 0 Å². The van der Waals surface area contributed by atoms with E-state index in [0.29, 0.717) is 18.3 Å². The van der Waals surface area contributed by atoms with Gasteiger partial charge in [0.2, 0.25) is 0 Å². The average molecular weight is 231 g/mol. The zero-order valence-electron chi connectivity index (χ0n) is 10.6. The number of ether oxygens (including phenoxy) is 1. The Kier molecular flexibility index (Phi) is 8.94. The lowest BCUT2D eigenvalue weighted by Gasteiger charge is -2.27. The second-order valence-electron chi connectivity index (χ2n) is 3.98. The first-order chi connectivity index (χ1) is 7.65. The van der Waals surface area contributed by atoms with Gasteiger partial charge in [0.25, 0.3) is 0 Å². The lowest BCUT2D eigenvalue weighted by Crippen LogP contribution is -2.36. The van der Waals surface area contributed by atoms with Gasteiger partial charge in [-0.25, -0.2) is 0 Å². The van der Waals surface area contributed by atoms with E-state index in [4.69, 9.17) is 15.7 Å². The maximum atomic E-state index is 8.43. The number of nitrogens with zero attached hydrogens (tertiary/aromatic N) is 2. The molecule has 0 aromatic carbocycles. The van der Waals surface area contributed by atoms with Crippen molar-refractivity contribution in [2.45, 2.75) is 39.2 Å². The average Bonchev–Trinajstić information content (AvgIpc) is 2.32. The minimum atomic E-state index is 0.302. The van der Waals surface area contributed by atoms with Crippen molar-refractivity contribution in [2.75, 3.05) is 26.8 Å². The Bertz CT molecular complexity index is 198. The van der Waals surface area contributed by atoms with Gasteiger partial charge >= 0.3 is 0 Å². The minimum absolute atomic E-state index is 0.302. The zero-order valence-corrected chi connectivity index (χ0v) is 10.6. The molecule has 0 aliphatic heterocycles. The molecule has 1 atom stereocenters. The Morgan fingerprint density at radius 3 is 2.69 bits per heavy atom. The molecule has 0 aliphatic carbocycles. The van der Waals surface area contributed by atoms with Crippen LogP contribution >= 0.6 is 0 Å². The van der Waals surface area contributed by atoms with Gasteiger partial charge < -0.3 is 15.7 Å². The molecular weight excluding hydrogens is 206 g/mol. The highest BCUT2D eigenvalue weighted by atomic mass is 16.5. The molecule has 3 N–H and O–H groups in total. The van der Waals surface area contributed by atoms with E-state index in [1.165, 1.54) is 0 Å². The monoisotopic (exact) mass is 231 g/mol. The summed E-state index contributed by atoms with van der Waals surface area (Å²) in [5.41, 5.74) is 5.42. The molecule has 0 amide bonds. The molecule has 0 aromatic rings. The van der Waals surface area contributed by atoms with E-state index in [2.05, 4.69) is 23.9 Å². The Labute approximate surface area is 98.2 Å². The summed E-state index contributed by atoms with van der Waals surface area (Å²) < 4.78 is 5.09. The number of nitrogens with two attached hydrogens (primary N) is 1. The van der Waals surface area contributed by atoms with Crippen LogP contribution in [-0.4, -0.2) is 48.8 Å². The number of hydrogen-bond acceptors (Lipinski definition) is 4. The fraction of sp³-hybridized carbons (Fsp3) is 0.909. The molecule has 0 heterocycles. The molecule has 16 heavy (non-hydrogen) atoms. The predicted octanol–water partition coefficient (Wildman–Crippen LogP) is 1.26. The summed E-state index contributed by atoms with van der Waals surface area (Å²) in [4.78, 5) is 2.37. The third-order valence-electron chi connectivity index (χ3n) is 2.80. The number of methoxy groups -OCH3 is 1. The molecule has 5 heteroatoms. The van der Waals surface area contributed by atoms with Crippen LogP contribution in [0, 0.1) is 0 Å². The van der Waals surface area contributed by atoms with Gasteiger partial charge in [0.1, 0.15) is 5.84 Å². The van der Waals surface area contributed by atoms with Crippen molar-refractivity contribution in [2.24, 2.45) is 10.9 Å². The molecule has 0 radical (unpaired) electrons. The summed E-state index contributed by atoms with van der Waals surface area (Å²) in [6.07, 6.45) is 2.66. The lowest BCUT2D eigenvalue weighted by molar-refractivity contribution is 0.122. The number of hydrogen-bond donors (Lipinski definition) is 2. The van der Waals surface area contributed by atoms with Crippen LogP contribution in [-0.2, 0) is 4.74 Å². The summed E-state index contributed by atoms with van der Waals surface area (Å²) in [6.45, 7) is 7.01. The molecule has 0 saturated carbocycles. The maximum Gasteiger partial charge on any atom is 0.139 e. The van der Waals surface area contributed by atoms with Gasteiger partial charge in [-0.05, 0) is 26.3 Å². The molecule has 0 aromatic heterocycles. The van der Waals surface area contributed by atoms with Gasteiger partial charge in [-0.1, -0.05) is 12.1 Å². The smallest absolute Gasteiger partial charge is 0.139 e. The highest BCUT2D eigenvalue weighted by Gasteiger charge is 2.11. The zero-order chi connectivity index (χ0) is 12.4. The van der Waals surface area contributed by atoms with Crippen LogP contribution in [0.4, 0.5) is 0 Å². The third-order valence-corrected chi connectivity index (χ3v) is 2.80. The van der Waals surface area contributed by atoms with Crippen LogP contribution in [0.25, 0.3) is 0 Å². The van der Waals surface area contributed by atoms with Crippen LogP contribution < -0.4 is 5.73 Å². The van der Waals surface area contributed by atoms with Crippen LogP contribution in [0.1, 0.15) is 33.1 Å². The minimum Gasteiger partial charge on any atom is -0.409 e. The van der Waals surface area contributed by atoms with E-state index in [1.54, 1.807) is 7.11 Å². The lowest BCUT2D eigenvalue weighted by atomic mass is 10.2. The van der Waals surface area contributed by atoms with E-state index >= 15 is 0 Å². The van der Waals surface area contributed by atoms with E-state index in [-0.39, 0.29) is 0 Å². The van der Waals surface area contributed by atoms with Crippen molar-refractivity contribution >= 4 is 5.84 Å². The summed E-state index contributed by atoms with van der Waals surface area (Å²) in [7, 11) is 1.71. The number of oxime groups is 1. The Hall–Kier alpha value is -0.810. The van der Waals surface area contributed by atoms with E-state index in [0.717, 1.165) is 32.5 Å². The van der Waals surface area contributed by atoms with Crippen molar-refractivity contribution in [3.63, 3.8) is 0 Å². The first kappa shape index (κ1) is 15.2. The van der Waals surface area contributed by atoms with Crippen LogP contribution in [0.5, 0.6) is 0 Å². The van der Waals surface area contributed by atoms with Gasteiger partial charge in [-0.15, -0.1) is 0 Å². The molecule has 1 unspecified atom stereocenters. The standard InChI is InChI=1S/C11H25N3O2/c1-4-10(2)14(8-9-16-3)7-5-6-11(12)13-15/h10,15H,4-9H2,1-3H3,(H2,12,13). The van der Waals surface area contributed by atoms with Crippen molar-refractivity contribution in [3.05, 3.63) is 0 Å². The summed E-state index contributed by atoms with van der Waals surface area (Å²) in [5.74, 6) is 0.302. The first-order valence-corrected chi connectivity index (χ1v) is 5.85. The molecule has 0 bridgehead atoms. The van der Waals surface area contributed by atoms with Gasteiger partial charge in [0.15, 0.2) is 0 Å². The first-order valence-electron chi connectivity index (χ1n) is 5.85. The number of rotatable bonds is 9. The summed E-state index contributed by atoms with van der Waals surface area (Å²) in [6, 6.07) is 0.544. The Balaban J connectivity index is 3.91. The van der Waals surface area contributed by atoms with Gasteiger partial charge in [-0.2, -0.15) is 0 Å². The quantitative estimate of drug-likeness (QED) is 0.271. The molecule has 0 saturated heterocycles. The van der Waals surface area contributed by atoms with E-state index in [9.17, 15) is 0 Å².